The minimum absolute atomic E-state index is 0.0641. The highest BCUT2D eigenvalue weighted by atomic mass is 19.1. The molecule has 3 fully saturated rings. The first-order valence-corrected chi connectivity index (χ1v) is 16.4. The summed E-state index contributed by atoms with van der Waals surface area (Å²) in [5.74, 6) is -2.46. The van der Waals surface area contributed by atoms with Crippen LogP contribution in [0.25, 0.3) is 10.9 Å². The fraction of sp³-hybridized carbons (Fsp3) is 0.647. The molecule has 2 saturated carbocycles. The van der Waals surface area contributed by atoms with Crippen molar-refractivity contribution in [1.82, 2.24) is 14.8 Å². The molecule has 0 radical (unpaired) electrons. The molecule has 10 nitrogen and oxygen atoms in total. The molecule has 4 N–H and O–H groups in total. The van der Waals surface area contributed by atoms with E-state index in [-0.39, 0.29) is 29.4 Å². The predicted octanol–water partition coefficient (Wildman–Crippen LogP) is 5.79. The molecule has 0 spiro atoms. The molecule has 1 saturated heterocycles. The van der Waals surface area contributed by atoms with Crippen LogP contribution >= 0.6 is 0 Å². The lowest BCUT2D eigenvalue weighted by Gasteiger charge is -2.38. The number of hydrogen-bond donors (Lipinski definition) is 3. The van der Waals surface area contributed by atoms with Gasteiger partial charge in [0.2, 0.25) is 11.8 Å². The Morgan fingerprint density at radius 1 is 1.04 bits per heavy atom. The molecule has 2 unspecified atom stereocenters. The van der Waals surface area contributed by atoms with Crippen molar-refractivity contribution in [2.45, 2.75) is 109 Å². The zero-order chi connectivity index (χ0) is 32.5. The van der Waals surface area contributed by atoms with E-state index in [4.69, 9.17) is 10.5 Å². The van der Waals surface area contributed by atoms with Gasteiger partial charge in [0.15, 0.2) is 0 Å². The van der Waals surface area contributed by atoms with Crippen LogP contribution in [0.5, 0.6) is 0 Å². The van der Waals surface area contributed by atoms with Gasteiger partial charge in [-0.1, -0.05) is 50.3 Å². The fourth-order valence-electron chi connectivity index (χ4n) is 8.13. The summed E-state index contributed by atoms with van der Waals surface area (Å²) in [7, 11) is 0. The maximum Gasteiger partial charge on any atom is 0.407 e. The maximum atomic E-state index is 14.5. The number of halogens is 1. The van der Waals surface area contributed by atoms with Crippen molar-refractivity contribution in [2.24, 2.45) is 29.4 Å². The van der Waals surface area contributed by atoms with Gasteiger partial charge in [0.1, 0.15) is 30.2 Å². The van der Waals surface area contributed by atoms with Crippen molar-refractivity contribution >= 4 is 34.8 Å². The third-order valence-corrected chi connectivity index (χ3v) is 10.1. The molecule has 3 amide bonds. The maximum absolute atomic E-state index is 14.5. The Morgan fingerprint density at radius 3 is 2.31 bits per heavy atom. The van der Waals surface area contributed by atoms with E-state index in [1.807, 2.05) is 24.3 Å². The number of carboxylic acids is 1. The molecule has 2 aromatic rings. The number of hydrogen-bond acceptors (Lipinski definition) is 5. The van der Waals surface area contributed by atoms with Crippen molar-refractivity contribution in [3.8, 4) is 0 Å². The molecule has 4 atom stereocenters. The molecule has 3 aliphatic rings. The molecule has 0 bridgehead atoms. The lowest BCUT2D eigenvalue weighted by Crippen LogP contribution is -2.52. The molecule has 2 aliphatic carbocycles. The van der Waals surface area contributed by atoms with Gasteiger partial charge in [-0.25, -0.2) is 14.0 Å². The minimum atomic E-state index is -1.11. The molecule has 5 rings (SSSR count). The van der Waals surface area contributed by atoms with Crippen molar-refractivity contribution < 1.29 is 33.4 Å². The third kappa shape index (κ3) is 6.97. The standard InChI is InChI=1S/C34H47FN4O6/c1-34(2,3)45-33(44)37-25(19-35)21-13-15-22(16-14-21)31(41)39-28(18-24(29(39)30(36)40)20-9-5-4-6-10-20)38-26-12-8-7-11-23(26)17-27(38)32(42)43/h7-8,11-12,17,20-22,24-25,28-29H,4-6,9-10,13-16,18-19H2,1-3H3,(H2,36,40)(H,37,44)(H,42,43)/t21-,22-,24-,25?,28?,29-/m0/s1. The molecule has 246 valence electrons. The summed E-state index contributed by atoms with van der Waals surface area (Å²) in [6, 6.07) is 7.41. The number of alkyl halides is 1. The van der Waals surface area contributed by atoms with Gasteiger partial charge in [0, 0.05) is 11.3 Å². The fourth-order valence-corrected chi connectivity index (χ4v) is 8.13. The van der Waals surface area contributed by atoms with Gasteiger partial charge >= 0.3 is 12.1 Å². The van der Waals surface area contributed by atoms with Crippen molar-refractivity contribution in [3.05, 3.63) is 36.0 Å². The number of carbonyl (C=O) groups excluding carboxylic acids is 3. The number of aromatic nitrogens is 1. The number of nitrogens with zero attached hydrogens (tertiary/aromatic N) is 2. The average molecular weight is 627 g/mol. The van der Waals surface area contributed by atoms with E-state index in [0.29, 0.717) is 37.6 Å². The number of carbonyl (C=O) groups is 4. The number of benzene rings is 1. The van der Waals surface area contributed by atoms with Crippen molar-refractivity contribution in [3.63, 3.8) is 0 Å². The second-order valence-corrected chi connectivity index (χ2v) is 14.2. The van der Waals surface area contributed by atoms with E-state index >= 15 is 0 Å². The van der Waals surface area contributed by atoms with Gasteiger partial charge in [0.25, 0.3) is 0 Å². The molecule has 1 aromatic heterocycles. The summed E-state index contributed by atoms with van der Waals surface area (Å²) >= 11 is 0. The van der Waals surface area contributed by atoms with Crippen LogP contribution in [-0.2, 0) is 14.3 Å². The molecule has 1 aliphatic heterocycles. The normalized spacial score (nSPS) is 26.8. The first-order chi connectivity index (χ1) is 21.4. The number of likely N-dealkylation sites (tertiary alicyclic amines) is 1. The summed E-state index contributed by atoms with van der Waals surface area (Å²) in [6.07, 6.45) is 6.16. The van der Waals surface area contributed by atoms with Crippen LogP contribution in [0.3, 0.4) is 0 Å². The first kappa shape index (κ1) is 32.8. The Balaban J connectivity index is 1.43. The van der Waals surface area contributed by atoms with E-state index < -0.39 is 54.4 Å². The van der Waals surface area contributed by atoms with E-state index in [2.05, 4.69) is 5.32 Å². The van der Waals surface area contributed by atoms with Crippen LogP contribution in [-0.4, -0.2) is 62.8 Å². The highest BCUT2D eigenvalue weighted by Gasteiger charge is 2.52. The molecule has 11 heteroatoms. The number of rotatable bonds is 8. The number of primary amides is 1. The highest BCUT2D eigenvalue weighted by molar-refractivity contribution is 5.95. The van der Waals surface area contributed by atoms with Crippen molar-refractivity contribution in [1.29, 1.82) is 0 Å². The summed E-state index contributed by atoms with van der Waals surface area (Å²) in [6.45, 7) is 4.48. The van der Waals surface area contributed by atoms with E-state index in [0.717, 1.165) is 37.5 Å². The Hall–Kier alpha value is -3.63. The summed E-state index contributed by atoms with van der Waals surface area (Å²) in [4.78, 5) is 54.3. The lowest BCUT2D eigenvalue weighted by molar-refractivity contribution is -0.146. The number of alkyl carbamates (subject to hydrolysis) is 1. The number of ether oxygens (including phenoxy) is 1. The van der Waals surface area contributed by atoms with Crippen molar-refractivity contribution in [2.75, 3.05) is 6.67 Å². The van der Waals surface area contributed by atoms with E-state index in [1.54, 1.807) is 36.3 Å². The Labute approximate surface area is 263 Å². The molecular formula is C34H47FN4O6. The smallest absolute Gasteiger partial charge is 0.407 e. The van der Waals surface area contributed by atoms with Gasteiger partial charge in [-0.05, 0) is 82.8 Å². The van der Waals surface area contributed by atoms with Gasteiger partial charge in [-0.2, -0.15) is 0 Å². The molecular weight excluding hydrogens is 579 g/mol. The number of nitrogens with two attached hydrogens (primary N) is 1. The summed E-state index contributed by atoms with van der Waals surface area (Å²) in [5, 5.41) is 13.6. The van der Waals surface area contributed by atoms with Crippen LogP contribution in [0.15, 0.2) is 30.3 Å². The molecule has 2 heterocycles. The predicted molar refractivity (Wildman–Crippen MR) is 167 cm³/mol. The topological polar surface area (TPSA) is 144 Å². The zero-order valence-electron chi connectivity index (χ0n) is 26.5. The Bertz CT molecular complexity index is 1410. The van der Waals surface area contributed by atoms with Gasteiger partial charge < -0.3 is 30.4 Å². The minimum Gasteiger partial charge on any atom is -0.477 e. The number of amides is 3. The van der Waals surface area contributed by atoms with E-state index in [9.17, 15) is 28.7 Å². The monoisotopic (exact) mass is 626 g/mol. The van der Waals surface area contributed by atoms with Gasteiger partial charge in [0.05, 0.1) is 11.6 Å². The average Bonchev–Trinajstić information content (AvgIpc) is 3.59. The third-order valence-electron chi connectivity index (χ3n) is 10.1. The van der Waals surface area contributed by atoms with Crippen LogP contribution in [0.4, 0.5) is 9.18 Å². The van der Waals surface area contributed by atoms with Gasteiger partial charge in [-0.15, -0.1) is 0 Å². The van der Waals surface area contributed by atoms with Crippen LogP contribution in [0, 0.1) is 23.7 Å². The number of aromatic carboxylic acids is 1. The number of nitrogens with one attached hydrogen (secondary N) is 1. The molecule has 1 aromatic carbocycles. The number of para-hydroxylation sites is 1. The van der Waals surface area contributed by atoms with Crippen LogP contribution in [0.2, 0.25) is 0 Å². The second kappa shape index (κ2) is 13.4. The highest BCUT2D eigenvalue weighted by Crippen LogP contribution is 2.48. The Kier molecular flexibility index (Phi) is 9.74. The van der Waals surface area contributed by atoms with E-state index in [1.165, 1.54) is 0 Å². The summed E-state index contributed by atoms with van der Waals surface area (Å²) in [5.41, 5.74) is 6.14. The molecule has 45 heavy (non-hydrogen) atoms. The second-order valence-electron chi connectivity index (χ2n) is 14.2. The van der Waals surface area contributed by atoms with Crippen LogP contribution in [0.1, 0.15) is 102 Å². The quantitative estimate of drug-likeness (QED) is 0.338. The Morgan fingerprint density at radius 2 is 1.71 bits per heavy atom. The number of fused-ring (bicyclic) bond motifs is 1. The summed E-state index contributed by atoms with van der Waals surface area (Å²) < 4.78 is 21.1. The lowest BCUT2D eigenvalue weighted by atomic mass is 9.76. The SMILES string of the molecule is CC(C)(C)OC(=O)NC(CF)[C@H]1CC[C@H](C(=O)N2C(n3c(C(=O)O)cc4ccccc43)C[C@@H](C3CCCCC3)[C@H]2C(N)=O)CC1. The zero-order valence-corrected chi connectivity index (χ0v) is 26.5. The first-order valence-electron chi connectivity index (χ1n) is 16.4. The largest absolute Gasteiger partial charge is 0.477 e. The number of carboxylic acid groups (broad SMARTS) is 1. The van der Waals surface area contributed by atoms with Crippen LogP contribution < -0.4 is 11.1 Å². The van der Waals surface area contributed by atoms with Gasteiger partial charge in [-0.3, -0.25) is 9.59 Å².